The summed E-state index contributed by atoms with van der Waals surface area (Å²) in [5, 5.41) is 0. The Morgan fingerprint density at radius 2 is 2.33 bits per heavy atom. The third-order valence-electron chi connectivity index (χ3n) is 1.64. The second kappa shape index (κ2) is 2.98. The first-order valence-corrected chi connectivity index (χ1v) is 3.81. The molecule has 1 aromatic heterocycles. The number of nitrogen functional groups attached to an aromatic ring is 1. The molecule has 12 heavy (non-hydrogen) atoms. The van der Waals surface area contributed by atoms with Crippen LogP contribution in [-0.2, 0) is 4.74 Å². The maximum absolute atomic E-state index is 5.47. The zero-order valence-corrected chi connectivity index (χ0v) is 6.56. The summed E-state index contributed by atoms with van der Waals surface area (Å²) in [7, 11) is 0. The fourth-order valence-electron chi connectivity index (χ4n) is 0.949. The van der Waals surface area contributed by atoms with Crippen molar-refractivity contribution in [1.82, 2.24) is 4.98 Å². The SMILES string of the molecule is Nc1cccc(OC2COC2)n1. The molecule has 1 aromatic rings. The first-order valence-electron chi connectivity index (χ1n) is 3.81. The van der Waals surface area contributed by atoms with Gasteiger partial charge in [-0.15, -0.1) is 0 Å². The quantitative estimate of drug-likeness (QED) is 0.692. The molecule has 2 rings (SSSR count). The molecule has 4 heteroatoms. The number of anilines is 1. The highest BCUT2D eigenvalue weighted by Crippen LogP contribution is 2.13. The van der Waals surface area contributed by atoms with E-state index in [1.165, 1.54) is 0 Å². The minimum atomic E-state index is 0.152. The van der Waals surface area contributed by atoms with Gasteiger partial charge in [0.25, 0.3) is 0 Å². The van der Waals surface area contributed by atoms with Gasteiger partial charge in [0.15, 0.2) is 0 Å². The third kappa shape index (κ3) is 1.48. The number of aromatic nitrogens is 1. The topological polar surface area (TPSA) is 57.4 Å². The minimum absolute atomic E-state index is 0.152. The number of nitrogens with zero attached hydrogens (tertiary/aromatic N) is 1. The predicted octanol–water partition coefficient (Wildman–Crippen LogP) is 0.441. The molecular weight excluding hydrogens is 156 g/mol. The number of nitrogens with two attached hydrogens (primary N) is 1. The van der Waals surface area contributed by atoms with Gasteiger partial charge in [0.2, 0.25) is 5.88 Å². The number of ether oxygens (including phenoxy) is 2. The summed E-state index contributed by atoms with van der Waals surface area (Å²) in [5.41, 5.74) is 5.47. The summed E-state index contributed by atoms with van der Waals surface area (Å²) in [4.78, 5) is 4.00. The summed E-state index contributed by atoms with van der Waals surface area (Å²) in [6.07, 6.45) is 0.152. The smallest absolute Gasteiger partial charge is 0.215 e. The average molecular weight is 166 g/mol. The maximum Gasteiger partial charge on any atom is 0.215 e. The maximum atomic E-state index is 5.47. The Hall–Kier alpha value is -1.29. The molecule has 0 atom stereocenters. The van der Waals surface area contributed by atoms with Crippen LogP contribution in [0.15, 0.2) is 18.2 Å². The number of hydrogen-bond acceptors (Lipinski definition) is 4. The molecule has 0 aliphatic carbocycles. The van der Waals surface area contributed by atoms with E-state index in [4.69, 9.17) is 15.2 Å². The molecule has 0 amide bonds. The van der Waals surface area contributed by atoms with Crippen LogP contribution >= 0.6 is 0 Å². The number of rotatable bonds is 2. The van der Waals surface area contributed by atoms with Gasteiger partial charge in [-0.3, -0.25) is 0 Å². The second-order valence-corrected chi connectivity index (χ2v) is 2.68. The van der Waals surface area contributed by atoms with Gasteiger partial charge in [-0.25, -0.2) is 0 Å². The van der Waals surface area contributed by atoms with Crippen LogP contribution in [0.25, 0.3) is 0 Å². The van der Waals surface area contributed by atoms with Crippen molar-refractivity contribution >= 4 is 5.82 Å². The van der Waals surface area contributed by atoms with Crippen molar-refractivity contribution in [2.75, 3.05) is 18.9 Å². The average Bonchev–Trinajstić information content (AvgIpc) is 1.97. The highest BCUT2D eigenvalue weighted by molar-refractivity contribution is 5.31. The molecule has 0 spiro atoms. The van der Waals surface area contributed by atoms with Crippen molar-refractivity contribution in [2.45, 2.75) is 6.10 Å². The monoisotopic (exact) mass is 166 g/mol. The Kier molecular flexibility index (Phi) is 1.83. The summed E-state index contributed by atoms with van der Waals surface area (Å²) >= 11 is 0. The molecule has 0 bridgehead atoms. The molecule has 0 aromatic carbocycles. The summed E-state index contributed by atoms with van der Waals surface area (Å²) in [5.74, 6) is 1.05. The minimum Gasteiger partial charge on any atom is -0.469 e. The lowest BCUT2D eigenvalue weighted by molar-refractivity contribution is -0.0812. The fourth-order valence-corrected chi connectivity index (χ4v) is 0.949. The first-order chi connectivity index (χ1) is 5.84. The van der Waals surface area contributed by atoms with E-state index in [1.54, 1.807) is 12.1 Å². The lowest BCUT2D eigenvalue weighted by Crippen LogP contribution is -2.38. The van der Waals surface area contributed by atoms with E-state index < -0.39 is 0 Å². The van der Waals surface area contributed by atoms with Crippen LogP contribution in [0.2, 0.25) is 0 Å². The highest BCUT2D eigenvalue weighted by Gasteiger charge is 2.20. The van der Waals surface area contributed by atoms with Gasteiger partial charge < -0.3 is 15.2 Å². The van der Waals surface area contributed by atoms with Crippen molar-refractivity contribution in [2.24, 2.45) is 0 Å². The standard InChI is InChI=1S/C8H10N2O2/c9-7-2-1-3-8(10-7)12-6-4-11-5-6/h1-3,6H,4-5H2,(H2,9,10). The number of hydrogen-bond donors (Lipinski definition) is 1. The Morgan fingerprint density at radius 3 is 2.92 bits per heavy atom. The van der Waals surface area contributed by atoms with Gasteiger partial charge in [0, 0.05) is 6.07 Å². The normalized spacial score (nSPS) is 17.0. The van der Waals surface area contributed by atoms with Crippen LogP contribution in [0.5, 0.6) is 5.88 Å². The van der Waals surface area contributed by atoms with Crippen molar-refractivity contribution in [3.05, 3.63) is 18.2 Å². The summed E-state index contributed by atoms with van der Waals surface area (Å²) in [6, 6.07) is 5.33. The molecule has 1 aliphatic rings. The zero-order valence-electron chi connectivity index (χ0n) is 6.56. The molecule has 2 N–H and O–H groups in total. The Labute approximate surface area is 70.3 Å². The largest absolute Gasteiger partial charge is 0.469 e. The summed E-state index contributed by atoms with van der Waals surface area (Å²) in [6.45, 7) is 1.30. The molecule has 64 valence electrons. The van der Waals surface area contributed by atoms with Gasteiger partial charge >= 0.3 is 0 Å². The van der Waals surface area contributed by atoms with Gasteiger partial charge in [-0.2, -0.15) is 4.98 Å². The molecule has 0 unspecified atom stereocenters. The van der Waals surface area contributed by atoms with Crippen molar-refractivity contribution < 1.29 is 9.47 Å². The highest BCUT2D eigenvalue weighted by atomic mass is 16.6. The summed E-state index contributed by atoms with van der Waals surface area (Å²) < 4.78 is 10.4. The van der Waals surface area contributed by atoms with Crippen LogP contribution in [0.3, 0.4) is 0 Å². The van der Waals surface area contributed by atoms with Crippen LogP contribution in [0.1, 0.15) is 0 Å². The van der Waals surface area contributed by atoms with E-state index in [0.29, 0.717) is 24.9 Å². The lowest BCUT2D eigenvalue weighted by Gasteiger charge is -2.25. The zero-order chi connectivity index (χ0) is 8.39. The molecule has 2 heterocycles. The second-order valence-electron chi connectivity index (χ2n) is 2.68. The molecule has 4 nitrogen and oxygen atoms in total. The van der Waals surface area contributed by atoms with Crippen molar-refractivity contribution in [3.63, 3.8) is 0 Å². The van der Waals surface area contributed by atoms with Gasteiger partial charge in [-0.05, 0) is 6.07 Å². The van der Waals surface area contributed by atoms with Crippen LogP contribution in [0, 0.1) is 0 Å². The molecule has 0 radical (unpaired) electrons. The van der Waals surface area contributed by atoms with E-state index in [0.717, 1.165) is 0 Å². The molecule has 1 aliphatic heterocycles. The predicted molar refractivity (Wildman–Crippen MR) is 43.9 cm³/mol. The fraction of sp³-hybridized carbons (Fsp3) is 0.375. The van der Waals surface area contributed by atoms with E-state index in [9.17, 15) is 0 Å². The Balaban J connectivity index is 2.02. The van der Waals surface area contributed by atoms with Crippen molar-refractivity contribution in [1.29, 1.82) is 0 Å². The number of pyridine rings is 1. The third-order valence-corrected chi connectivity index (χ3v) is 1.64. The Morgan fingerprint density at radius 1 is 1.50 bits per heavy atom. The van der Waals surface area contributed by atoms with E-state index in [2.05, 4.69) is 4.98 Å². The van der Waals surface area contributed by atoms with Gasteiger partial charge in [0.1, 0.15) is 11.9 Å². The molecule has 0 saturated carbocycles. The van der Waals surface area contributed by atoms with Crippen LogP contribution < -0.4 is 10.5 Å². The molecule has 1 saturated heterocycles. The van der Waals surface area contributed by atoms with E-state index in [-0.39, 0.29) is 6.10 Å². The van der Waals surface area contributed by atoms with Crippen molar-refractivity contribution in [3.8, 4) is 5.88 Å². The first kappa shape index (κ1) is 7.36. The molecule has 1 fully saturated rings. The van der Waals surface area contributed by atoms with E-state index >= 15 is 0 Å². The van der Waals surface area contributed by atoms with Gasteiger partial charge in [0.05, 0.1) is 13.2 Å². The van der Waals surface area contributed by atoms with Gasteiger partial charge in [-0.1, -0.05) is 6.07 Å². The van der Waals surface area contributed by atoms with Crippen LogP contribution in [-0.4, -0.2) is 24.3 Å². The van der Waals surface area contributed by atoms with E-state index in [1.807, 2.05) is 6.07 Å². The van der Waals surface area contributed by atoms with Crippen LogP contribution in [0.4, 0.5) is 5.82 Å². The molecular formula is C8H10N2O2. The Bertz CT molecular complexity index is 274. The lowest BCUT2D eigenvalue weighted by atomic mass is 10.3.